The lowest BCUT2D eigenvalue weighted by atomic mass is 9.87. The third kappa shape index (κ3) is 5.41. The Bertz CT molecular complexity index is 1720. The van der Waals surface area contributed by atoms with Crippen molar-refractivity contribution >= 4 is 16.8 Å². The van der Waals surface area contributed by atoms with E-state index in [0.29, 0.717) is 18.2 Å². The van der Waals surface area contributed by atoms with Crippen LogP contribution in [0.25, 0.3) is 22.2 Å². The van der Waals surface area contributed by atoms with Gasteiger partial charge < -0.3 is 20.3 Å². The minimum atomic E-state index is -1.79. The van der Waals surface area contributed by atoms with Crippen LogP contribution in [0.5, 0.6) is 5.75 Å². The van der Waals surface area contributed by atoms with Crippen molar-refractivity contribution in [2.24, 2.45) is 5.92 Å². The van der Waals surface area contributed by atoms with Crippen molar-refractivity contribution in [3.8, 4) is 17.0 Å². The fraction of sp³-hybridized carbons (Fsp3) is 0.323. The van der Waals surface area contributed by atoms with Gasteiger partial charge in [-0.15, -0.1) is 0 Å². The van der Waals surface area contributed by atoms with Crippen molar-refractivity contribution in [3.05, 3.63) is 88.2 Å². The summed E-state index contributed by atoms with van der Waals surface area (Å²) in [7, 11) is 1.37. The molecule has 1 aliphatic rings. The summed E-state index contributed by atoms with van der Waals surface area (Å²) in [4.78, 5) is 21.5. The van der Waals surface area contributed by atoms with E-state index in [2.05, 4.69) is 15.3 Å². The van der Waals surface area contributed by atoms with Crippen LogP contribution in [-0.4, -0.2) is 39.7 Å². The van der Waals surface area contributed by atoms with E-state index in [-0.39, 0.29) is 57.4 Å². The van der Waals surface area contributed by atoms with Crippen LogP contribution in [0.1, 0.15) is 53.9 Å². The number of pyridine rings is 2. The van der Waals surface area contributed by atoms with E-state index in [9.17, 15) is 28.2 Å². The number of ether oxygens (including phenoxy) is 1. The van der Waals surface area contributed by atoms with E-state index in [4.69, 9.17) is 4.74 Å². The number of aryl methyl sites for hydroxylation is 1. The van der Waals surface area contributed by atoms with Crippen molar-refractivity contribution in [2.45, 2.75) is 44.8 Å². The van der Waals surface area contributed by atoms with E-state index in [1.165, 1.54) is 45.2 Å². The average molecular weight is 584 g/mol. The maximum atomic E-state index is 15.6. The Labute approximate surface area is 239 Å². The first-order chi connectivity index (χ1) is 19.7. The highest BCUT2D eigenvalue weighted by molar-refractivity contribution is 6.00. The molecule has 1 unspecified atom stereocenters. The molecule has 42 heavy (non-hydrogen) atoms. The van der Waals surface area contributed by atoms with Crippen molar-refractivity contribution in [1.29, 1.82) is 0 Å². The molecule has 2 aromatic carbocycles. The molecule has 0 saturated heterocycles. The summed E-state index contributed by atoms with van der Waals surface area (Å²) in [6.07, 6.45) is 1.17. The first kappa shape index (κ1) is 29.4. The summed E-state index contributed by atoms with van der Waals surface area (Å²) in [5, 5.41) is 25.8. The molecule has 0 spiro atoms. The van der Waals surface area contributed by atoms with E-state index in [0.717, 1.165) is 18.2 Å². The Morgan fingerprint density at radius 1 is 1.02 bits per heavy atom. The van der Waals surface area contributed by atoms with Gasteiger partial charge in [-0.3, -0.25) is 4.79 Å². The fourth-order valence-corrected chi connectivity index (χ4v) is 4.98. The van der Waals surface area contributed by atoms with Gasteiger partial charge in [-0.05, 0) is 82.0 Å². The molecule has 0 aliphatic heterocycles. The maximum absolute atomic E-state index is 15.6. The zero-order valence-electron chi connectivity index (χ0n) is 23.4. The van der Waals surface area contributed by atoms with Crippen LogP contribution in [0, 0.1) is 36.2 Å². The lowest BCUT2D eigenvalue weighted by molar-refractivity contribution is 0.00864. The Balaban J connectivity index is 1.54. The van der Waals surface area contributed by atoms with Gasteiger partial charge >= 0.3 is 0 Å². The van der Waals surface area contributed by atoms with Gasteiger partial charge in [0.15, 0.2) is 17.5 Å². The van der Waals surface area contributed by atoms with Crippen LogP contribution >= 0.6 is 0 Å². The molecule has 220 valence electrons. The lowest BCUT2D eigenvalue weighted by Gasteiger charge is -2.31. The highest BCUT2D eigenvalue weighted by atomic mass is 19.2. The van der Waals surface area contributed by atoms with Crippen molar-refractivity contribution in [2.75, 3.05) is 13.7 Å². The number of carbonyl (C=O) groups excluding carboxylic acids is 1. The molecule has 1 fully saturated rings. The molecule has 0 radical (unpaired) electrons. The van der Waals surface area contributed by atoms with Gasteiger partial charge in [-0.1, -0.05) is 0 Å². The van der Waals surface area contributed by atoms with Gasteiger partial charge in [0.05, 0.1) is 24.9 Å². The molecular formula is C31H29F4N3O4. The van der Waals surface area contributed by atoms with Crippen LogP contribution in [0.4, 0.5) is 17.6 Å². The van der Waals surface area contributed by atoms with Crippen molar-refractivity contribution in [3.63, 3.8) is 0 Å². The second-order valence-electron chi connectivity index (χ2n) is 11.1. The summed E-state index contributed by atoms with van der Waals surface area (Å²) in [6.45, 7) is 3.90. The van der Waals surface area contributed by atoms with Gasteiger partial charge in [0, 0.05) is 27.6 Å². The van der Waals surface area contributed by atoms with Crippen molar-refractivity contribution < 1.29 is 37.3 Å². The number of hydrogen-bond acceptors (Lipinski definition) is 6. The summed E-state index contributed by atoms with van der Waals surface area (Å²) in [5.74, 6) is -4.72. The number of aromatic nitrogens is 2. The Kier molecular flexibility index (Phi) is 7.44. The van der Waals surface area contributed by atoms with E-state index in [1.807, 2.05) is 0 Å². The maximum Gasteiger partial charge on any atom is 0.251 e. The molecule has 1 saturated carbocycles. The first-order valence-electron chi connectivity index (χ1n) is 13.3. The second-order valence-corrected chi connectivity index (χ2v) is 11.1. The molecular weight excluding hydrogens is 554 g/mol. The quantitative estimate of drug-likeness (QED) is 0.189. The van der Waals surface area contributed by atoms with Gasteiger partial charge in [0.2, 0.25) is 5.95 Å². The summed E-state index contributed by atoms with van der Waals surface area (Å²) in [6, 6.07) is 8.45. The number of methoxy groups -OCH3 is 1. The number of benzene rings is 2. The van der Waals surface area contributed by atoms with Gasteiger partial charge in [-0.2, -0.15) is 4.39 Å². The SMILES string of the molecule is COc1cc(C(=O)NCC(O)(c2cc(C(C)(C)O)c(F)c(-c3ccc(F)c(F)c3)n2)C2CC2)cc2cc(C)c(F)nc12. The smallest absolute Gasteiger partial charge is 0.251 e. The predicted octanol–water partition coefficient (Wildman–Crippen LogP) is 5.43. The number of nitrogens with one attached hydrogen (secondary N) is 1. The Morgan fingerprint density at radius 3 is 2.36 bits per heavy atom. The number of aliphatic hydroxyl groups is 2. The zero-order chi connectivity index (χ0) is 30.6. The van der Waals surface area contributed by atoms with Crippen LogP contribution in [0.15, 0.2) is 42.5 Å². The normalized spacial score (nSPS) is 15.0. The van der Waals surface area contributed by atoms with Gasteiger partial charge in [0.25, 0.3) is 5.91 Å². The first-order valence-corrected chi connectivity index (χ1v) is 13.3. The minimum Gasteiger partial charge on any atom is -0.494 e. The molecule has 2 aromatic heterocycles. The number of nitrogens with zero attached hydrogens (tertiary/aromatic N) is 2. The van der Waals surface area contributed by atoms with E-state index < -0.39 is 40.5 Å². The molecule has 4 aromatic rings. The largest absolute Gasteiger partial charge is 0.494 e. The number of rotatable bonds is 8. The highest BCUT2D eigenvalue weighted by Crippen LogP contribution is 2.46. The number of amides is 1. The number of hydrogen-bond donors (Lipinski definition) is 3. The average Bonchev–Trinajstić information content (AvgIpc) is 3.79. The molecule has 1 atom stereocenters. The van der Waals surface area contributed by atoms with Crippen LogP contribution in [-0.2, 0) is 11.2 Å². The number of carbonyl (C=O) groups is 1. The van der Waals surface area contributed by atoms with Crippen LogP contribution in [0.2, 0.25) is 0 Å². The van der Waals surface area contributed by atoms with Gasteiger partial charge in [-0.25, -0.2) is 23.1 Å². The monoisotopic (exact) mass is 583 g/mol. The molecule has 1 aliphatic carbocycles. The number of halogens is 4. The van der Waals surface area contributed by atoms with Crippen molar-refractivity contribution in [1.82, 2.24) is 15.3 Å². The molecule has 11 heteroatoms. The Morgan fingerprint density at radius 2 is 1.74 bits per heavy atom. The molecule has 2 heterocycles. The third-order valence-corrected chi connectivity index (χ3v) is 7.52. The Hall–Kier alpha value is -4.09. The van der Waals surface area contributed by atoms with E-state index >= 15 is 4.39 Å². The van der Waals surface area contributed by atoms with Crippen LogP contribution in [0.3, 0.4) is 0 Å². The predicted molar refractivity (Wildman–Crippen MR) is 147 cm³/mol. The third-order valence-electron chi connectivity index (χ3n) is 7.52. The summed E-state index contributed by atoms with van der Waals surface area (Å²) in [5.41, 5.74) is -3.57. The molecule has 5 rings (SSSR count). The molecule has 7 nitrogen and oxygen atoms in total. The second kappa shape index (κ2) is 10.6. The molecule has 1 amide bonds. The fourth-order valence-electron chi connectivity index (χ4n) is 4.98. The summed E-state index contributed by atoms with van der Waals surface area (Å²) < 4.78 is 62.7. The lowest BCUT2D eigenvalue weighted by Crippen LogP contribution is -2.43. The minimum absolute atomic E-state index is 0.0463. The van der Waals surface area contributed by atoms with Crippen LogP contribution < -0.4 is 10.1 Å². The highest BCUT2D eigenvalue weighted by Gasteiger charge is 2.47. The van der Waals surface area contributed by atoms with Gasteiger partial charge in [0.1, 0.15) is 22.6 Å². The topological polar surface area (TPSA) is 105 Å². The molecule has 0 bridgehead atoms. The summed E-state index contributed by atoms with van der Waals surface area (Å²) >= 11 is 0. The standard InChI is InChI=1S/C31H29F4N3O4/c1-15-9-17-10-18(12-23(42-4)26(17)38-28(15)35)29(39)36-14-31(41,19-6-7-19)24-13-20(30(2,3)40)25(34)27(37-24)16-5-8-21(32)22(33)11-16/h5,8-13,19,40-41H,6-7,14H2,1-4H3,(H,36,39). The van der Waals surface area contributed by atoms with E-state index in [1.54, 1.807) is 6.92 Å². The number of fused-ring (bicyclic) bond motifs is 1. The molecule has 3 N–H and O–H groups in total. The zero-order valence-corrected chi connectivity index (χ0v) is 23.4.